The van der Waals surface area contributed by atoms with E-state index in [1.54, 1.807) is 55.6 Å². The van der Waals surface area contributed by atoms with Gasteiger partial charge in [-0.25, -0.2) is 4.79 Å². The largest absolute Gasteiger partial charge is 0.497 e. The summed E-state index contributed by atoms with van der Waals surface area (Å²) in [5.41, 5.74) is 1.03. The molecule has 0 N–H and O–H groups in total. The number of hydrogen-bond acceptors (Lipinski definition) is 8. The Morgan fingerprint density at radius 1 is 0.814 bits per heavy atom. The lowest BCUT2D eigenvalue weighted by Gasteiger charge is -2.48. The van der Waals surface area contributed by atoms with Crippen LogP contribution in [0.5, 0.6) is 5.75 Å². The molecule has 0 aliphatic carbocycles. The van der Waals surface area contributed by atoms with E-state index in [9.17, 15) is 9.00 Å². The van der Waals surface area contributed by atoms with Crippen LogP contribution in [-0.4, -0.2) is 53.7 Å². The highest BCUT2D eigenvalue weighted by Crippen LogP contribution is 2.38. The van der Waals surface area contributed by atoms with Crippen molar-refractivity contribution in [1.82, 2.24) is 0 Å². The predicted octanol–water partition coefficient (Wildman–Crippen LogP) is 5.45. The summed E-state index contributed by atoms with van der Waals surface area (Å²) in [7, 11) is -0.104. The number of carbonyl (C=O) groups is 1. The number of fused-ring (bicyclic) bond motifs is 1. The van der Waals surface area contributed by atoms with E-state index in [1.807, 2.05) is 66.7 Å². The van der Waals surface area contributed by atoms with Gasteiger partial charge in [-0.15, -0.1) is 0 Å². The molecule has 2 saturated heterocycles. The third-order valence-electron chi connectivity index (χ3n) is 7.40. The van der Waals surface area contributed by atoms with Crippen molar-refractivity contribution in [3.8, 4) is 5.75 Å². The molecule has 2 aliphatic rings. The number of ether oxygens (including phenoxy) is 6. The van der Waals surface area contributed by atoms with Gasteiger partial charge in [-0.1, -0.05) is 78.9 Å². The van der Waals surface area contributed by atoms with E-state index >= 15 is 0 Å². The average Bonchev–Trinajstić information content (AvgIpc) is 3.08. The fourth-order valence-corrected chi connectivity index (χ4v) is 6.57. The number of benzene rings is 4. The van der Waals surface area contributed by atoms with Gasteiger partial charge in [0.25, 0.3) is 0 Å². The van der Waals surface area contributed by atoms with Crippen LogP contribution in [0.2, 0.25) is 0 Å². The van der Waals surface area contributed by atoms with Gasteiger partial charge < -0.3 is 28.4 Å². The van der Waals surface area contributed by atoms with Gasteiger partial charge in [-0.05, 0) is 42.0 Å². The molecular formula is C34H32O8S. The number of methoxy groups -OCH3 is 1. The summed E-state index contributed by atoms with van der Waals surface area (Å²) in [6, 6.07) is 34.7. The molecule has 0 saturated carbocycles. The first kappa shape index (κ1) is 29.2. The second-order valence-electron chi connectivity index (χ2n) is 10.2. The van der Waals surface area contributed by atoms with E-state index < -0.39 is 52.9 Å². The minimum absolute atomic E-state index is 0.175. The lowest BCUT2D eigenvalue weighted by Crippen LogP contribution is -2.64. The maximum absolute atomic E-state index is 14.0. The van der Waals surface area contributed by atoms with Crippen LogP contribution >= 0.6 is 0 Å². The Morgan fingerprint density at radius 3 is 2.14 bits per heavy atom. The van der Waals surface area contributed by atoms with Gasteiger partial charge in [0.1, 0.15) is 24.1 Å². The number of hydrogen-bond donors (Lipinski definition) is 0. The van der Waals surface area contributed by atoms with Gasteiger partial charge in [0, 0.05) is 10.5 Å². The van der Waals surface area contributed by atoms with E-state index in [1.165, 1.54) is 0 Å². The highest BCUT2D eigenvalue weighted by Gasteiger charge is 2.54. The van der Waals surface area contributed by atoms with Crippen molar-refractivity contribution < 1.29 is 37.4 Å². The Morgan fingerprint density at radius 2 is 1.47 bits per heavy atom. The molecule has 4 unspecified atom stereocenters. The highest BCUT2D eigenvalue weighted by molar-refractivity contribution is 7.85. The topological polar surface area (TPSA) is 89.5 Å². The molecule has 0 radical (unpaired) electrons. The maximum atomic E-state index is 14.0. The molecule has 8 nitrogen and oxygen atoms in total. The summed E-state index contributed by atoms with van der Waals surface area (Å²) in [6.45, 7) is 0.358. The van der Waals surface area contributed by atoms with Crippen LogP contribution in [0.15, 0.2) is 120 Å². The van der Waals surface area contributed by atoms with Crippen LogP contribution in [-0.2, 0) is 41.1 Å². The van der Waals surface area contributed by atoms with Gasteiger partial charge >= 0.3 is 5.97 Å². The first-order chi connectivity index (χ1) is 21.1. The molecule has 0 aromatic heterocycles. The summed E-state index contributed by atoms with van der Waals surface area (Å²) < 4.78 is 51.0. The molecule has 6 rings (SSSR count). The molecule has 222 valence electrons. The molecule has 2 fully saturated rings. The zero-order valence-corrected chi connectivity index (χ0v) is 24.3. The molecule has 7 atom stereocenters. The quantitative estimate of drug-likeness (QED) is 0.234. The zero-order valence-electron chi connectivity index (χ0n) is 23.5. The summed E-state index contributed by atoms with van der Waals surface area (Å²) in [6.07, 6.45) is -3.89. The van der Waals surface area contributed by atoms with Gasteiger partial charge in [0.2, 0.25) is 0 Å². The summed E-state index contributed by atoms with van der Waals surface area (Å²) in [4.78, 5) is 14.0. The van der Waals surface area contributed by atoms with Crippen LogP contribution in [0.1, 0.15) is 27.8 Å². The fourth-order valence-electron chi connectivity index (χ4n) is 5.18. The SMILES string of the molecule is COc1ccc(CO[C@@H]2C(OC(=O)c3ccccc3)[C@H](S(=O)c3ccccc3)OC3COC(c4ccccc4)O[C@@H]32)cc1. The second-order valence-corrected chi connectivity index (χ2v) is 11.7. The first-order valence-electron chi connectivity index (χ1n) is 14.0. The van der Waals surface area contributed by atoms with Gasteiger partial charge in [0.15, 0.2) is 17.8 Å². The van der Waals surface area contributed by atoms with Crippen molar-refractivity contribution in [2.24, 2.45) is 0 Å². The first-order valence-corrected chi connectivity index (χ1v) is 15.3. The Bertz CT molecular complexity index is 1500. The van der Waals surface area contributed by atoms with Crippen molar-refractivity contribution in [2.45, 2.75) is 47.6 Å². The van der Waals surface area contributed by atoms with E-state index in [0.29, 0.717) is 10.5 Å². The van der Waals surface area contributed by atoms with E-state index in [-0.39, 0.29) is 13.2 Å². The molecule has 2 heterocycles. The van der Waals surface area contributed by atoms with Crippen LogP contribution < -0.4 is 4.74 Å². The lowest BCUT2D eigenvalue weighted by atomic mass is 9.98. The predicted molar refractivity (Wildman–Crippen MR) is 159 cm³/mol. The van der Waals surface area contributed by atoms with Crippen LogP contribution in [0.4, 0.5) is 0 Å². The van der Waals surface area contributed by atoms with Crippen molar-refractivity contribution >= 4 is 16.8 Å². The van der Waals surface area contributed by atoms with Crippen molar-refractivity contribution in [3.05, 3.63) is 132 Å². The molecule has 4 aromatic rings. The smallest absolute Gasteiger partial charge is 0.338 e. The Kier molecular flexibility index (Phi) is 9.26. The summed E-state index contributed by atoms with van der Waals surface area (Å²) >= 11 is 0. The van der Waals surface area contributed by atoms with Gasteiger partial charge in [0.05, 0.1) is 36.7 Å². The highest BCUT2D eigenvalue weighted by atomic mass is 32.2. The molecule has 4 aromatic carbocycles. The number of carbonyl (C=O) groups excluding carboxylic acids is 1. The van der Waals surface area contributed by atoms with Crippen molar-refractivity contribution in [2.75, 3.05) is 13.7 Å². The van der Waals surface area contributed by atoms with Crippen molar-refractivity contribution in [1.29, 1.82) is 0 Å². The van der Waals surface area contributed by atoms with Crippen LogP contribution in [0.25, 0.3) is 0 Å². The minimum Gasteiger partial charge on any atom is -0.497 e. The molecular weight excluding hydrogens is 568 g/mol. The molecule has 0 bridgehead atoms. The molecule has 0 amide bonds. The Balaban J connectivity index is 1.35. The Labute approximate surface area is 252 Å². The lowest BCUT2D eigenvalue weighted by molar-refractivity contribution is -0.325. The van der Waals surface area contributed by atoms with Gasteiger partial charge in [-0.3, -0.25) is 4.21 Å². The van der Waals surface area contributed by atoms with Gasteiger partial charge in [-0.2, -0.15) is 0 Å². The number of rotatable bonds is 9. The third-order valence-corrected chi connectivity index (χ3v) is 8.93. The summed E-state index contributed by atoms with van der Waals surface area (Å²) in [5.74, 6) is 0.147. The van der Waals surface area contributed by atoms with E-state index in [0.717, 1.165) is 16.9 Å². The minimum atomic E-state index is -1.71. The maximum Gasteiger partial charge on any atom is 0.338 e. The van der Waals surface area contributed by atoms with E-state index in [2.05, 4.69) is 0 Å². The summed E-state index contributed by atoms with van der Waals surface area (Å²) in [5, 5.41) is 0. The van der Waals surface area contributed by atoms with Crippen molar-refractivity contribution in [3.63, 3.8) is 0 Å². The van der Waals surface area contributed by atoms with Crippen LogP contribution in [0, 0.1) is 0 Å². The second kappa shape index (κ2) is 13.6. The monoisotopic (exact) mass is 600 g/mol. The molecule has 43 heavy (non-hydrogen) atoms. The molecule has 9 heteroatoms. The normalized spacial score (nSPS) is 25.7. The third kappa shape index (κ3) is 6.71. The zero-order chi connectivity index (χ0) is 29.6. The van der Waals surface area contributed by atoms with Crippen LogP contribution in [0.3, 0.4) is 0 Å². The average molecular weight is 601 g/mol. The molecule has 0 spiro atoms. The fraction of sp³-hybridized carbons (Fsp3) is 0.265. The standard InChI is InChI=1S/C34H32O8S/c1-37-26-19-17-23(18-20-26)21-38-30-29-28(22-39-33(42-29)25-13-7-3-8-14-25)40-34(43(36)27-15-9-4-10-16-27)31(30)41-32(35)24-11-5-2-6-12-24/h2-20,28-31,33-34H,21-22H2,1H3/t28?,29-,30-,31?,33?,34-,43?/m0/s1. The molecule has 2 aliphatic heterocycles. The number of esters is 1. The van der Waals surface area contributed by atoms with E-state index in [4.69, 9.17) is 28.4 Å². The Hall–Kier alpha value is -3.86.